The molecule has 14 heteroatoms. The number of benzene rings is 4. The molecular formula is C42H45F2N3O8S. The number of carbonyl (C=O) groups is 3. The summed E-state index contributed by atoms with van der Waals surface area (Å²) in [5, 5.41) is 33.5. The number of carboxylic acid groups (broad SMARTS) is 2. The summed E-state index contributed by atoms with van der Waals surface area (Å²) in [7, 11) is 0. The van der Waals surface area contributed by atoms with E-state index in [2.05, 4.69) is 74.2 Å². The molecule has 0 saturated heterocycles. The SMILES string of the molecule is CCN(CC)CCN(Cc1ccc(-c2ccc(C)cc2)cc1)C(=O)Cn1c(SCc2cccc(F)c2F)cc(=O)c2ccccc21.O=C(O)C(O)C(O)C(=O)O. The molecule has 0 fully saturated rings. The fourth-order valence-electron chi connectivity index (χ4n) is 5.77. The number of thioether (sulfide) groups is 1. The minimum absolute atomic E-state index is 0.00550. The molecule has 1 amide bonds. The fourth-order valence-corrected chi connectivity index (χ4v) is 6.80. The van der Waals surface area contributed by atoms with Gasteiger partial charge in [-0.2, -0.15) is 0 Å². The summed E-state index contributed by atoms with van der Waals surface area (Å²) in [4.78, 5) is 50.9. The van der Waals surface area contributed by atoms with Crippen LogP contribution >= 0.6 is 11.8 Å². The molecule has 4 N–H and O–H groups in total. The lowest BCUT2D eigenvalue weighted by Crippen LogP contribution is -2.40. The zero-order valence-electron chi connectivity index (χ0n) is 31.3. The van der Waals surface area contributed by atoms with Crippen molar-refractivity contribution in [2.24, 2.45) is 0 Å². The van der Waals surface area contributed by atoms with Crippen molar-refractivity contribution in [3.05, 3.63) is 136 Å². The number of likely N-dealkylation sites (N-methyl/N-ethyl adjacent to an activating group) is 1. The molecule has 1 aromatic heterocycles. The number of para-hydroxylation sites is 1. The maximum absolute atomic E-state index is 14.5. The van der Waals surface area contributed by atoms with Gasteiger partial charge < -0.3 is 34.8 Å². The van der Waals surface area contributed by atoms with Crippen LogP contribution in [0.25, 0.3) is 22.0 Å². The zero-order chi connectivity index (χ0) is 40.9. The Balaban J connectivity index is 0.000000613. The van der Waals surface area contributed by atoms with E-state index in [4.69, 9.17) is 20.4 Å². The smallest absolute Gasteiger partial charge is 0.335 e. The van der Waals surface area contributed by atoms with Crippen molar-refractivity contribution in [2.45, 2.75) is 56.8 Å². The molecule has 56 heavy (non-hydrogen) atoms. The van der Waals surface area contributed by atoms with E-state index in [1.807, 2.05) is 21.6 Å². The Morgan fingerprint density at radius 2 is 1.38 bits per heavy atom. The normalized spacial score (nSPS) is 12.1. The van der Waals surface area contributed by atoms with Gasteiger partial charge in [-0.25, -0.2) is 18.4 Å². The largest absolute Gasteiger partial charge is 0.479 e. The lowest BCUT2D eigenvalue weighted by molar-refractivity contribution is -0.165. The lowest BCUT2D eigenvalue weighted by atomic mass is 10.0. The Bertz CT molecular complexity index is 2160. The number of amides is 1. The number of halogens is 2. The van der Waals surface area contributed by atoms with Crippen molar-refractivity contribution in [3.8, 4) is 11.1 Å². The van der Waals surface area contributed by atoms with Crippen molar-refractivity contribution >= 4 is 40.5 Å². The van der Waals surface area contributed by atoms with Crippen LogP contribution < -0.4 is 5.43 Å². The third-order valence-electron chi connectivity index (χ3n) is 9.13. The van der Waals surface area contributed by atoms with Crippen LogP contribution in [0, 0.1) is 18.6 Å². The molecule has 4 aromatic carbocycles. The molecule has 0 aliphatic rings. The molecule has 1 heterocycles. The summed E-state index contributed by atoms with van der Waals surface area (Å²) in [6, 6.07) is 29.5. The molecule has 0 radical (unpaired) electrons. The van der Waals surface area contributed by atoms with Gasteiger partial charge in [0, 0.05) is 42.4 Å². The number of fused-ring (bicyclic) bond motifs is 1. The molecular weight excluding hydrogens is 745 g/mol. The van der Waals surface area contributed by atoms with Crippen LogP contribution in [0.15, 0.2) is 107 Å². The van der Waals surface area contributed by atoms with Gasteiger partial charge in [-0.3, -0.25) is 9.59 Å². The van der Waals surface area contributed by atoms with Gasteiger partial charge >= 0.3 is 11.9 Å². The van der Waals surface area contributed by atoms with Gasteiger partial charge in [-0.1, -0.05) is 92.2 Å². The summed E-state index contributed by atoms with van der Waals surface area (Å²) < 4.78 is 30.2. The quantitative estimate of drug-likeness (QED) is 0.0901. The van der Waals surface area contributed by atoms with Crippen molar-refractivity contribution in [1.29, 1.82) is 0 Å². The molecule has 0 bridgehead atoms. The van der Waals surface area contributed by atoms with E-state index in [9.17, 15) is 28.0 Å². The van der Waals surface area contributed by atoms with Crippen LogP contribution in [-0.4, -0.2) is 91.0 Å². The molecule has 296 valence electrons. The number of aliphatic hydroxyl groups excluding tert-OH is 2. The molecule has 11 nitrogen and oxygen atoms in total. The summed E-state index contributed by atoms with van der Waals surface area (Å²) >= 11 is 1.21. The van der Waals surface area contributed by atoms with Crippen LogP contribution in [0.5, 0.6) is 0 Å². The van der Waals surface area contributed by atoms with Gasteiger partial charge in [0.15, 0.2) is 29.3 Å². The summed E-state index contributed by atoms with van der Waals surface area (Å²) in [5.74, 6) is -5.35. The van der Waals surface area contributed by atoms with E-state index < -0.39 is 35.8 Å². The number of aromatic nitrogens is 1. The molecule has 2 atom stereocenters. The number of carbonyl (C=O) groups excluding carboxylic acids is 1. The number of hydrogen-bond donors (Lipinski definition) is 4. The monoisotopic (exact) mass is 789 g/mol. The van der Waals surface area contributed by atoms with E-state index in [1.165, 1.54) is 35.5 Å². The Kier molecular flexibility index (Phi) is 15.9. The average Bonchev–Trinajstić information content (AvgIpc) is 3.19. The van der Waals surface area contributed by atoms with Gasteiger partial charge in [0.05, 0.1) is 10.5 Å². The van der Waals surface area contributed by atoms with Gasteiger partial charge in [0.1, 0.15) is 6.54 Å². The van der Waals surface area contributed by atoms with Crippen LogP contribution in [0.3, 0.4) is 0 Å². The van der Waals surface area contributed by atoms with E-state index >= 15 is 0 Å². The number of carboxylic acids is 2. The predicted octanol–water partition coefficient (Wildman–Crippen LogP) is 5.80. The molecule has 5 rings (SSSR count). The molecule has 0 aliphatic carbocycles. The van der Waals surface area contributed by atoms with Crippen molar-refractivity contribution in [1.82, 2.24) is 14.4 Å². The highest BCUT2D eigenvalue weighted by molar-refractivity contribution is 7.98. The fraction of sp³-hybridized carbons (Fsp3) is 0.286. The minimum Gasteiger partial charge on any atom is -0.479 e. The van der Waals surface area contributed by atoms with Gasteiger partial charge in [0.25, 0.3) is 0 Å². The number of aliphatic carboxylic acids is 2. The maximum Gasteiger partial charge on any atom is 0.335 e. The van der Waals surface area contributed by atoms with Crippen molar-refractivity contribution in [3.63, 3.8) is 0 Å². The van der Waals surface area contributed by atoms with Crippen LogP contribution in [0.4, 0.5) is 8.78 Å². The second-order valence-corrected chi connectivity index (χ2v) is 13.9. The van der Waals surface area contributed by atoms with E-state index in [-0.39, 0.29) is 29.2 Å². The average molecular weight is 790 g/mol. The Hall–Kier alpha value is -5.41. The number of aryl methyl sites for hydroxylation is 1. The van der Waals surface area contributed by atoms with E-state index in [0.717, 1.165) is 42.4 Å². The van der Waals surface area contributed by atoms with Crippen LogP contribution in [0.1, 0.15) is 30.5 Å². The summed E-state index contributed by atoms with van der Waals surface area (Å²) in [6.45, 7) is 9.74. The topological polar surface area (TPSA) is 161 Å². The van der Waals surface area contributed by atoms with Crippen LogP contribution in [-0.2, 0) is 33.2 Å². The molecule has 2 unspecified atom stereocenters. The molecule has 0 spiro atoms. The number of hydrogen-bond acceptors (Lipinski definition) is 8. The second-order valence-electron chi connectivity index (χ2n) is 12.9. The minimum atomic E-state index is -2.27. The van der Waals surface area contributed by atoms with Crippen molar-refractivity contribution < 1.29 is 43.6 Å². The Morgan fingerprint density at radius 1 is 0.786 bits per heavy atom. The highest BCUT2D eigenvalue weighted by Crippen LogP contribution is 2.28. The van der Waals surface area contributed by atoms with Crippen LogP contribution in [0.2, 0.25) is 0 Å². The highest BCUT2D eigenvalue weighted by atomic mass is 32.2. The predicted molar refractivity (Wildman–Crippen MR) is 211 cm³/mol. The first-order chi connectivity index (χ1) is 26.7. The van der Waals surface area contributed by atoms with E-state index in [0.29, 0.717) is 29.0 Å². The standard InChI is InChI=1S/C38H39F2N3O2S.C4H6O6/c1-4-41(5-2)21-22-42(24-28-15-19-30(20-16-28)29-17-13-27(3)14-18-29)36(45)25-43-34-12-7-6-10-32(34)35(44)23-37(43)46-26-31-9-8-11-33(39)38(31)40;5-1(3(7)8)2(6)4(9)10/h6-20,23H,4-5,21-22,24-26H2,1-3H3;1-2,5-6H,(H,7,8)(H,9,10). The molecule has 0 saturated carbocycles. The number of nitrogens with zero attached hydrogens (tertiary/aromatic N) is 3. The van der Waals surface area contributed by atoms with E-state index in [1.54, 1.807) is 12.1 Å². The van der Waals surface area contributed by atoms with Gasteiger partial charge in [0.2, 0.25) is 5.91 Å². The summed E-state index contributed by atoms with van der Waals surface area (Å²) in [5.41, 5.74) is 5.11. The van der Waals surface area contributed by atoms with Gasteiger partial charge in [-0.05, 0) is 54.9 Å². The highest BCUT2D eigenvalue weighted by Gasteiger charge is 2.29. The molecule has 5 aromatic rings. The summed E-state index contributed by atoms with van der Waals surface area (Å²) in [6.07, 6.45) is -4.53. The molecule has 0 aliphatic heterocycles. The first-order valence-electron chi connectivity index (χ1n) is 17.9. The zero-order valence-corrected chi connectivity index (χ0v) is 32.1. The third kappa shape index (κ3) is 11.6. The second kappa shape index (κ2) is 20.5. The van der Waals surface area contributed by atoms with Crippen molar-refractivity contribution in [2.75, 3.05) is 26.2 Å². The maximum atomic E-state index is 14.5. The Labute approximate surface area is 327 Å². The number of aliphatic hydroxyl groups is 2. The number of rotatable bonds is 16. The first kappa shape index (κ1) is 43.3. The third-order valence-corrected chi connectivity index (χ3v) is 10.2. The number of pyridine rings is 1. The lowest BCUT2D eigenvalue weighted by Gasteiger charge is -2.28. The Morgan fingerprint density at radius 3 is 1.96 bits per heavy atom. The van der Waals surface area contributed by atoms with Gasteiger partial charge in [-0.15, -0.1) is 11.8 Å². The first-order valence-corrected chi connectivity index (χ1v) is 18.9.